The Bertz CT molecular complexity index is 1410. The lowest BCUT2D eigenvalue weighted by molar-refractivity contribution is 0.260. The van der Waals surface area contributed by atoms with Crippen LogP contribution in [0.15, 0.2) is 55.2 Å². The molecule has 11 nitrogen and oxygen atoms in total. The average Bonchev–Trinajstić information content (AvgIpc) is 3.45. The number of rotatable bonds is 8. The quantitative estimate of drug-likeness (QED) is 0.346. The number of hydrogen-bond donors (Lipinski definition) is 0. The maximum Gasteiger partial charge on any atom is 0.221 e. The Kier molecular flexibility index (Phi) is 5.91. The van der Waals surface area contributed by atoms with Crippen LogP contribution in [0.5, 0.6) is 5.75 Å². The maximum absolute atomic E-state index is 5.68. The van der Waals surface area contributed by atoms with E-state index < -0.39 is 0 Å². The van der Waals surface area contributed by atoms with E-state index in [2.05, 4.69) is 35.3 Å². The molecule has 0 saturated carbocycles. The largest absolute Gasteiger partial charge is 0.489 e. The van der Waals surface area contributed by atoms with Gasteiger partial charge in [-0.3, -0.25) is 4.68 Å². The fraction of sp³-hybridized carbons (Fsp3) is 0.261. The van der Waals surface area contributed by atoms with Gasteiger partial charge in [-0.2, -0.15) is 5.10 Å². The molecule has 0 amide bonds. The fourth-order valence-electron chi connectivity index (χ4n) is 3.42. The lowest BCUT2D eigenvalue weighted by Gasteiger charge is -2.10. The van der Waals surface area contributed by atoms with Crippen molar-refractivity contribution in [3.63, 3.8) is 0 Å². The van der Waals surface area contributed by atoms with Crippen molar-refractivity contribution in [3.05, 3.63) is 60.8 Å². The van der Waals surface area contributed by atoms with Crippen LogP contribution >= 0.6 is 0 Å². The lowest BCUT2D eigenvalue weighted by atomic mass is 10.1. The van der Waals surface area contributed by atoms with Gasteiger partial charge in [-0.05, 0) is 25.7 Å². The van der Waals surface area contributed by atoms with E-state index in [1.807, 2.05) is 51.6 Å². The number of aryl methyl sites for hydroxylation is 1. The van der Waals surface area contributed by atoms with Gasteiger partial charge in [0.2, 0.25) is 5.65 Å². The summed E-state index contributed by atoms with van der Waals surface area (Å²) >= 11 is 0. The van der Waals surface area contributed by atoms with Gasteiger partial charge < -0.3 is 9.64 Å². The number of hydrogen-bond acceptors (Lipinski definition) is 9. The van der Waals surface area contributed by atoms with E-state index in [9.17, 15) is 0 Å². The number of ether oxygens (including phenoxy) is 1. The van der Waals surface area contributed by atoms with E-state index in [1.54, 1.807) is 34.2 Å². The average molecular weight is 457 g/mol. The number of nitrogens with zero attached hydrogens (tertiary/aromatic N) is 10. The van der Waals surface area contributed by atoms with Gasteiger partial charge >= 0.3 is 0 Å². The van der Waals surface area contributed by atoms with Crippen molar-refractivity contribution < 1.29 is 4.74 Å². The molecule has 0 N–H and O–H groups in total. The van der Waals surface area contributed by atoms with Crippen LogP contribution in [0.1, 0.15) is 5.56 Å². The van der Waals surface area contributed by atoms with Crippen LogP contribution in [0.4, 0.5) is 0 Å². The second-order valence-electron chi connectivity index (χ2n) is 8.15. The summed E-state index contributed by atoms with van der Waals surface area (Å²) in [6.45, 7) is 1.90. The first-order valence-corrected chi connectivity index (χ1v) is 10.8. The SMILES string of the molecule is CN(C)CCOc1cnc(-c2cccc(Cn3nnc4ncc(-c5cnn(C)c5)nc43)c2)nc1. The van der Waals surface area contributed by atoms with Crippen LogP contribution < -0.4 is 4.74 Å². The first kappa shape index (κ1) is 21.6. The number of aromatic nitrogens is 9. The summed E-state index contributed by atoms with van der Waals surface area (Å²) in [6.07, 6.45) is 8.73. The summed E-state index contributed by atoms with van der Waals surface area (Å²) in [5, 5.41) is 12.6. The lowest BCUT2D eigenvalue weighted by Crippen LogP contribution is -2.19. The van der Waals surface area contributed by atoms with E-state index >= 15 is 0 Å². The molecule has 172 valence electrons. The van der Waals surface area contributed by atoms with Gasteiger partial charge in [-0.25, -0.2) is 24.6 Å². The van der Waals surface area contributed by atoms with Gasteiger partial charge in [-0.1, -0.05) is 23.4 Å². The Labute approximate surface area is 196 Å². The summed E-state index contributed by atoms with van der Waals surface area (Å²) in [4.78, 5) is 20.1. The van der Waals surface area contributed by atoms with Gasteiger partial charge in [0.1, 0.15) is 6.61 Å². The molecule has 0 spiro atoms. The molecular formula is C23H24N10O. The number of fused-ring (bicyclic) bond motifs is 1. The third-order valence-electron chi connectivity index (χ3n) is 5.18. The molecule has 4 aromatic heterocycles. The normalized spacial score (nSPS) is 11.4. The minimum atomic E-state index is 0.487. The molecule has 0 aliphatic heterocycles. The van der Waals surface area contributed by atoms with Gasteiger partial charge in [0, 0.05) is 30.9 Å². The topological polar surface area (TPSA) is 113 Å². The zero-order chi connectivity index (χ0) is 23.5. The van der Waals surface area contributed by atoms with Crippen molar-refractivity contribution in [1.29, 1.82) is 0 Å². The molecule has 0 bridgehead atoms. The first-order valence-electron chi connectivity index (χ1n) is 10.8. The van der Waals surface area contributed by atoms with E-state index in [-0.39, 0.29) is 0 Å². The van der Waals surface area contributed by atoms with E-state index in [0.717, 1.165) is 28.9 Å². The molecule has 0 aliphatic rings. The highest BCUT2D eigenvalue weighted by Gasteiger charge is 2.12. The molecule has 5 aromatic rings. The van der Waals surface area contributed by atoms with Crippen LogP contribution in [0.2, 0.25) is 0 Å². The monoisotopic (exact) mass is 456 g/mol. The Morgan fingerprint density at radius 3 is 2.62 bits per heavy atom. The molecule has 5 rings (SSSR count). The van der Waals surface area contributed by atoms with Crippen molar-refractivity contribution in [3.8, 4) is 28.4 Å². The van der Waals surface area contributed by atoms with Crippen molar-refractivity contribution in [1.82, 2.24) is 49.6 Å². The van der Waals surface area contributed by atoms with Crippen LogP contribution in [0, 0.1) is 0 Å². The zero-order valence-corrected chi connectivity index (χ0v) is 19.2. The van der Waals surface area contributed by atoms with Crippen molar-refractivity contribution in [2.75, 3.05) is 27.2 Å². The molecule has 0 radical (unpaired) electrons. The predicted octanol–water partition coefficient (Wildman–Crippen LogP) is 2.07. The molecule has 4 heterocycles. The van der Waals surface area contributed by atoms with Crippen LogP contribution in [0.25, 0.3) is 33.9 Å². The Morgan fingerprint density at radius 2 is 1.85 bits per heavy atom. The molecular weight excluding hydrogens is 432 g/mol. The van der Waals surface area contributed by atoms with Crippen LogP contribution in [-0.2, 0) is 13.6 Å². The van der Waals surface area contributed by atoms with Crippen molar-refractivity contribution in [2.24, 2.45) is 7.05 Å². The molecule has 11 heteroatoms. The molecule has 0 fully saturated rings. The second-order valence-corrected chi connectivity index (χ2v) is 8.15. The van der Waals surface area contributed by atoms with Crippen molar-refractivity contribution >= 4 is 11.3 Å². The highest BCUT2D eigenvalue weighted by Crippen LogP contribution is 2.21. The second kappa shape index (κ2) is 9.32. The minimum absolute atomic E-state index is 0.487. The van der Waals surface area contributed by atoms with E-state index in [0.29, 0.717) is 36.0 Å². The summed E-state index contributed by atoms with van der Waals surface area (Å²) in [5.74, 6) is 1.28. The smallest absolute Gasteiger partial charge is 0.221 e. The Hall–Kier alpha value is -4.25. The Morgan fingerprint density at radius 1 is 1.00 bits per heavy atom. The molecule has 0 saturated heterocycles. The van der Waals surface area contributed by atoms with Gasteiger partial charge in [0.15, 0.2) is 17.2 Å². The Balaban J connectivity index is 1.35. The van der Waals surface area contributed by atoms with Gasteiger partial charge in [0.05, 0.1) is 37.0 Å². The number of likely N-dealkylation sites (N-methyl/N-ethyl adjacent to an activating group) is 1. The van der Waals surface area contributed by atoms with Crippen LogP contribution in [-0.4, -0.2) is 76.9 Å². The first-order chi connectivity index (χ1) is 16.5. The zero-order valence-electron chi connectivity index (χ0n) is 19.2. The van der Waals surface area contributed by atoms with Crippen molar-refractivity contribution in [2.45, 2.75) is 6.54 Å². The molecule has 1 aromatic carbocycles. The summed E-state index contributed by atoms with van der Waals surface area (Å²) in [7, 11) is 5.87. The maximum atomic E-state index is 5.68. The molecule has 34 heavy (non-hydrogen) atoms. The van der Waals surface area contributed by atoms with Crippen LogP contribution in [0.3, 0.4) is 0 Å². The van der Waals surface area contributed by atoms with Gasteiger partial charge in [-0.15, -0.1) is 5.10 Å². The fourth-order valence-corrected chi connectivity index (χ4v) is 3.42. The highest BCUT2D eigenvalue weighted by molar-refractivity contribution is 5.69. The summed E-state index contributed by atoms with van der Waals surface area (Å²) < 4.78 is 9.15. The minimum Gasteiger partial charge on any atom is -0.489 e. The highest BCUT2D eigenvalue weighted by atomic mass is 16.5. The van der Waals surface area contributed by atoms with E-state index in [4.69, 9.17) is 9.72 Å². The summed E-state index contributed by atoms with van der Waals surface area (Å²) in [6, 6.07) is 8.01. The third kappa shape index (κ3) is 4.74. The molecule has 0 unspecified atom stereocenters. The number of benzene rings is 1. The molecule has 0 atom stereocenters. The third-order valence-corrected chi connectivity index (χ3v) is 5.18. The molecule has 0 aliphatic carbocycles. The summed E-state index contributed by atoms with van der Waals surface area (Å²) in [5.41, 5.74) is 4.65. The van der Waals surface area contributed by atoms with Gasteiger partial charge in [0.25, 0.3) is 0 Å². The standard InChI is InChI=1S/C23H24N10O/c1-31(2)7-8-34-19-11-24-21(25-12-19)17-6-4-5-16(9-17)14-33-23-22(29-30-33)26-13-20(28-23)18-10-27-32(3)15-18/h4-6,9-13,15H,7-8,14H2,1-3H3. The predicted molar refractivity (Wildman–Crippen MR) is 126 cm³/mol. The van der Waals surface area contributed by atoms with E-state index in [1.165, 1.54) is 0 Å².